The summed E-state index contributed by atoms with van der Waals surface area (Å²) in [5.74, 6) is 2.22. The van der Waals surface area contributed by atoms with E-state index in [1.54, 1.807) is 6.20 Å². The standard InChI is InChI=1S/C15H20N2O2/c1-2-19-15-13(4-3-7-16-15)17-14(18)12-9-10-5-6-11(12)8-10/h3-4,7,10-12H,2,5-6,8-9H2,1H3,(H,17,18). The van der Waals surface area contributed by atoms with Crippen LogP contribution < -0.4 is 10.1 Å². The van der Waals surface area contributed by atoms with Crippen molar-refractivity contribution in [3.05, 3.63) is 18.3 Å². The number of nitrogens with zero attached hydrogens (tertiary/aromatic N) is 1. The summed E-state index contributed by atoms with van der Waals surface area (Å²) in [6.07, 6.45) is 6.50. The van der Waals surface area contributed by atoms with Crippen molar-refractivity contribution in [1.82, 2.24) is 4.98 Å². The molecule has 2 bridgehead atoms. The van der Waals surface area contributed by atoms with Crippen LogP contribution >= 0.6 is 0 Å². The molecule has 1 amide bonds. The lowest BCUT2D eigenvalue weighted by Crippen LogP contribution is -2.27. The number of rotatable bonds is 4. The number of anilines is 1. The normalized spacial score (nSPS) is 28.4. The zero-order chi connectivity index (χ0) is 13.2. The summed E-state index contributed by atoms with van der Waals surface area (Å²) in [6.45, 7) is 2.46. The minimum Gasteiger partial charge on any atom is -0.476 e. The lowest BCUT2D eigenvalue weighted by molar-refractivity contribution is -0.121. The number of aromatic nitrogens is 1. The van der Waals surface area contributed by atoms with Gasteiger partial charge in [0.15, 0.2) is 0 Å². The van der Waals surface area contributed by atoms with Gasteiger partial charge in [0.25, 0.3) is 0 Å². The quantitative estimate of drug-likeness (QED) is 0.905. The molecule has 4 nitrogen and oxygen atoms in total. The van der Waals surface area contributed by atoms with Gasteiger partial charge in [0.2, 0.25) is 11.8 Å². The molecule has 3 unspecified atom stereocenters. The number of pyridine rings is 1. The summed E-state index contributed by atoms with van der Waals surface area (Å²) in [5, 5.41) is 3.00. The molecule has 1 heterocycles. The van der Waals surface area contributed by atoms with E-state index >= 15 is 0 Å². The van der Waals surface area contributed by atoms with Crippen molar-refractivity contribution < 1.29 is 9.53 Å². The monoisotopic (exact) mass is 260 g/mol. The zero-order valence-electron chi connectivity index (χ0n) is 11.3. The highest BCUT2D eigenvalue weighted by Gasteiger charge is 2.43. The van der Waals surface area contributed by atoms with Crippen LogP contribution in [0.4, 0.5) is 5.69 Å². The van der Waals surface area contributed by atoms with Crippen LogP contribution in [0.25, 0.3) is 0 Å². The van der Waals surface area contributed by atoms with Gasteiger partial charge in [-0.25, -0.2) is 4.98 Å². The van der Waals surface area contributed by atoms with Gasteiger partial charge in [-0.15, -0.1) is 0 Å². The predicted molar refractivity (Wildman–Crippen MR) is 73.0 cm³/mol. The number of carbonyl (C=O) groups excluding carboxylic acids is 1. The molecule has 102 valence electrons. The largest absolute Gasteiger partial charge is 0.476 e. The predicted octanol–water partition coefficient (Wildman–Crippen LogP) is 2.86. The number of carbonyl (C=O) groups is 1. The van der Waals surface area contributed by atoms with Gasteiger partial charge in [-0.2, -0.15) is 0 Å². The Labute approximate surface area is 113 Å². The molecule has 0 radical (unpaired) electrons. The fourth-order valence-corrected chi connectivity index (χ4v) is 3.53. The minimum atomic E-state index is 0.140. The molecule has 1 aromatic rings. The second kappa shape index (κ2) is 5.19. The van der Waals surface area contributed by atoms with Gasteiger partial charge in [0.05, 0.1) is 6.61 Å². The van der Waals surface area contributed by atoms with E-state index in [0.29, 0.717) is 24.1 Å². The molecule has 3 atom stereocenters. The van der Waals surface area contributed by atoms with Crippen LogP contribution in [0.15, 0.2) is 18.3 Å². The Kier molecular flexibility index (Phi) is 3.40. The number of fused-ring (bicyclic) bond motifs is 2. The molecule has 1 N–H and O–H groups in total. The number of ether oxygens (including phenoxy) is 1. The van der Waals surface area contributed by atoms with E-state index in [2.05, 4.69) is 10.3 Å². The van der Waals surface area contributed by atoms with E-state index in [0.717, 1.165) is 12.3 Å². The van der Waals surface area contributed by atoms with Crippen molar-refractivity contribution in [3.63, 3.8) is 0 Å². The topological polar surface area (TPSA) is 51.2 Å². The van der Waals surface area contributed by atoms with E-state index in [9.17, 15) is 4.79 Å². The summed E-state index contributed by atoms with van der Waals surface area (Å²) in [4.78, 5) is 16.5. The summed E-state index contributed by atoms with van der Waals surface area (Å²) in [5.41, 5.74) is 0.692. The van der Waals surface area contributed by atoms with Gasteiger partial charge in [-0.05, 0) is 50.2 Å². The molecular formula is C15H20N2O2. The van der Waals surface area contributed by atoms with Crippen molar-refractivity contribution in [1.29, 1.82) is 0 Å². The average Bonchev–Trinajstić information content (AvgIpc) is 3.03. The van der Waals surface area contributed by atoms with Gasteiger partial charge >= 0.3 is 0 Å². The SMILES string of the molecule is CCOc1ncccc1NC(=O)C1CC2CCC1C2. The van der Waals surface area contributed by atoms with Crippen molar-refractivity contribution in [2.45, 2.75) is 32.6 Å². The fourth-order valence-electron chi connectivity index (χ4n) is 3.53. The van der Waals surface area contributed by atoms with Crippen LogP contribution in [-0.4, -0.2) is 17.5 Å². The summed E-state index contributed by atoms with van der Waals surface area (Å²) >= 11 is 0. The molecule has 0 aromatic carbocycles. The van der Waals surface area contributed by atoms with Crippen molar-refractivity contribution >= 4 is 11.6 Å². The number of hydrogen-bond acceptors (Lipinski definition) is 3. The molecule has 2 aliphatic carbocycles. The summed E-state index contributed by atoms with van der Waals surface area (Å²) < 4.78 is 5.44. The Morgan fingerprint density at radius 2 is 2.37 bits per heavy atom. The van der Waals surface area contributed by atoms with Crippen molar-refractivity contribution in [2.24, 2.45) is 17.8 Å². The van der Waals surface area contributed by atoms with Crippen LogP contribution in [0, 0.1) is 17.8 Å². The van der Waals surface area contributed by atoms with Crippen LogP contribution in [-0.2, 0) is 4.79 Å². The van der Waals surface area contributed by atoms with Gasteiger partial charge < -0.3 is 10.1 Å². The van der Waals surface area contributed by atoms with E-state index < -0.39 is 0 Å². The third-order valence-corrected chi connectivity index (χ3v) is 4.38. The van der Waals surface area contributed by atoms with Gasteiger partial charge in [0, 0.05) is 12.1 Å². The van der Waals surface area contributed by atoms with E-state index in [1.165, 1.54) is 19.3 Å². The molecule has 0 saturated heterocycles. The molecule has 3 rings (SSSR count). The van der Waals surface area contributed by atoms with Gasteiger partial charge in [0.1, 0.15) is 5.69 Å². The van der Waals surface area contributed by atoms with Crippen LogP contribution in [0.2, 0.25) is 0 Å². The Balaban J connectivity index is 1.69. The third kappa shape index (κ3) is 2.44. The first-order valence-corrected chi connectivity index (χ1v) is 7.16. The smallest absolute Gasteiger partial charge is 0.237 e. The van der Waals surface area contributed by atoms with Crippen LogP contribution in [0.5, 0.6) is 5.88 Å². The number of nitrogens with one attached hydrogen (secondary N) is 1. The summed E-state index contributed by atoms with van der Waals surface area (Å²) in [6, 6.07) is 3.67. The highest BCUT2D eigenvalue weighted by atomic mass is 16.5. The lowest BCUT2D eigenvalue weighted by Gasteiger charge is -2.21. The molecule has 0 aliphatic heterocycles. The van der Waals surface area contributed by atoms with Crippen LogP contribution in [0.1, 0.15) is 32.6 Å². The first-order valence-electron chi connectivity index (χ1n) is 7.16. The maximum absolute atomic E-state index is 12.4. The number of hydrogen-bond donors (Lipinski definition) is 1. The molecule has 2 aliphatic rings. The molecule has 19 heavy (non-hydrogen) atoms. The fraction of sp³-hybridized carbons (Fsp3) is 0.600. The van der Waals surface area contributed by atoms with Gasteiger partial charge in [-0.1, -0.05) is 6.42 Å². The lowest BCUT2D eigenvalue weighted by atomic mass is 9.88. The maximum atomic E-state index is 12.4. The molecule has 2 saturated carbocycles. The maximum Gasteiger partial charge on any atom is 0.237 e. The zero-order valence-corrected chi connectivity index (χ0v) is 11.3. The second-order valence-electron chi connectivity index (χ2n) is 5.56. The highest BCUT2D eigenvalue weighted by Crippen LogP contribution is 2.48. The van der Waals surface area contributed by atoms with E-state index in [4.69, 9.17) is 4.74 Å². The minimum absolute atomic E-state index is 0.140. The van der Waals surface area contributed by atoms with Crippen molar-refractivity contribution in [3.8, 4) is 5.88 Å². The molecular weight excluding hydrogens is 240 g/mol. The number of amides is 1. The Morgan fingerprint density at radius 1 is 1.47 bits per heavy atom. The summed E-state index contributed by atoms with van der Waals surface area (Å²) in [7, 11) is 0. The second-order valence-corrected chi connectivity index (χ2v) is 5.56. The van der Waals surface area contributed by atoms with E-state index in [1.807, 2.05) is 19.1 Å². The van der Waals surface area contributed by atoms with E-state index in [-0.39, 0.29) is 11.8 Å². The Bertz CT molecular complexity index is 475. The first-order chi connectivity index (χ1) is 9.28. The molecule has 4 heteroatoms. The average molecular weight is 260 g/mol. The Hall–Kier alpha value is -1.58. The van der Waals surface area contributed by atoms with Gasteiger partial charge in [-0.3, -0.25) is 4.79 Å². The third-order valence-electron chi connectivity index (χ3n) is 4.38. The van der Waals surface area contributed by atoms with Crippen molar-refractivity contribution in [2.75, 3.05) is 11.9 Å². The molecule has 0 spiro atoms. The molecule has 2 fully saturated rings. The van der Waals surface area contributed by atoms with Crippen LogP contribution in [0.3, 0.4) is 0 Å². The molecule has 1 aromatic heterocycles. The first kappa shape index (κ1) is 12.5. The Morgan fingerprint density at radius 3 is 3.05 bits per heavy atom. The highest BCUT2D eigenvalue weighted by molar-refractivity contribution is 5.94.